The summed E-state index contributed by atoms with van der Waals surface area (Å²) in [4.78, 5) is 4.02. The molecule has 2 nitrogen and oxygen atoms in total. The Balaban J connectivity index is 1.94. The lowest BCUT2D eigenvalue weighted by Gasteiger charge is -2.20. The molecule has 1 aromatic heterocycles. The standard InChI is InChI=1S/C18H16BrNO/c1-12(13-6-8-20-9-7-13)18(21)16-3-2-15-11-17(19)5-4-14(15)10-16/h2-12,18,21H,1H3. The molecule has 106 valence electrons. The van der Waals surface area contributed by atoms with Crippen molar-refractivity contribution in [3.8, 4) is 0 Å². The van der Waals surface area contributed by atoms with Crippen LogP contribution in [0.15, 0.2) is 65.4 Å². The number of hydrogen-bond acceptors (Lipinski definition) is 2. The Kier molecular flexibility index (Phi) is 4.04. The number of hydrogen-bond donors (Lipinski definition) is 1. The van der Waals surface area contributed by atoms with Crippen molar-refractivity contribution in [3.63, 3.8) is 0 Å². The molecule has 3 aromatic rings. The summed E-state index contributed by atoms with van der Waals surface area (Å²) in [6.07, 6.45) is 2.99. The number of nitrogens with zero attached hydrogens (tertiary/aromatic N) is 1. The highest BCUT2D eigenvalue weighted by Gasteiger charge is 2.18. The fourth-order valence-electron chi connectivity index (χ4n) is 2.56. The Morgan fingerprint density at radius 1 is 0.905 bits per heavy atom. The molecule has 3 rings (SSSR count). The Morgan fingerprint density at radius 2 is 1.57 bits per heavy atom. The zero-order chi connectivity index (χ0) is 14.8. The Hall–Kier alpha value is -1.71. The van der Waals surface area contributed by atoms with Gasteiger partial charge in [-0.05, 0) is 52.2 Å². The maximum absolute atomic E-state index is 10.6. The van der Waals surface area contributed by atoms with Crippen LogP contribution in [-0.2, 0) is 0 Å². The number of aromatic nitrogens is 1. The number of pyridine rings is 1. The van der Waals surface area contributed by atoms with Gasteiger partial charge in [0.15, 0.2) is 0 Å². The van der Waals surface area contributed by atoms with Crippen molar-refractivity contribution < 1.29 is 5.11 Å². The second-order valence-electron chi connectivity index (χ2n) is 5.26. The van der Waals surface area contributed by atoms with Crippen molar-refractivity contribution in [1.29, 1.82) is 0 Å². The Labute approximate surface area is 132 Å². The van der Waals surface area contributed by atoms with E-state index < -0.39 is 6.10 Å². The van der Waals surface area contributed by atoms with Crippen LogP contribution in [0.5, 0.6) is 0 Å². The number of fused-ring (bicyclic) bond motifs is 1. The highest BCUT2D eigenvalue weighted by molar-refractivity contribution is 9.10. The van der Waals surface area contributed by atoms with Gasteiger partial charge < -0.3 is 5.11 Å². The van der Waals surface area contributed by atoms with Crippen LogP contribution >= 0.6 is 15.9 Å². The molecule has 2 aromatic carbocycles. The van der Waals surface area contributed by atoms with Gasteiger partial charge in [-0.2, -0.15) is 0 Å². The van der Waals surface area contributed by atoms with Crippen LogP contribution < -0.4 is 0 Å². The first-order chi connectivity index (χ1) is 10.1. The first-order valence-corrected chi connectivity index (χ1v) is 7.71. The van der Waals surface area contributed by atoms with Gasteiger partial charge in [-0.25, -0.2) is 0 Å². The van der Waals surface area contributed by atoms with E-state index in [-0.39, 0.29) is 5.92 Å². The fourth-order valence-corrected chi connectivity index (χ4v) is 2.94. The van der Waals surface area contributed by atoms with Crippen LogP contribution in [0.4, 0.5) is 0 Å². The molecule has 2 atom stereocenters. The number of benzene rings is 2. The molecule has 21 heavy (non-hydrogen) atoms. The topological polar surface area (TPSA) is 33.1 Å². The van der Waals surface area contributed by atoms with Crippen LogP contribution in [0.25, 0.3) is 10.8 Å². The van der Waals surface area contributed by atoms with E-state index >= 15 is 0 Å². The van der Waals surface area contributed by atoms with Crippen molar-refractivity contribution in [2.75, 3.05) is 0 Å². The average Bonchev–Trinajstić information content (AvgIpc) is 2.53. The van der Waals surface area contributed by atoms with Gasteiger partial charge >= 0.3 is 0 Å². The van der Waals surface area contributed by atoms with Crippen LogP contribution in [0.1, 0.15) is 30.1 Å². The average molecular weight is 342 g/mol. The highest BCUT2D eigenvalue weighted by Crippen LogP contribution is 2.32. The summed E-state index contributed by atoms with van der Waals surface area (Å²) in [5, 5.41) is 12.9. The number of rotatable bonds is 3. The predicted octanol–water partition coefficient (Wildman–Crippen LogP) is 4.83. The minimum Gasteiger partial charge on any atom is -0.388 e. The fraction of sp³-hybridized carbons (Fsp3) is 0.167. The highest BCUT2D eigenvalue weighted by atomic mass is 79.9. The lowest BCUT2D eigenvalue weighted by atomic mass is 9.90. The molecule has 0 aliphatic rings. The smallest absolute Gasteiger partial charge is 0.0856 e. The van der Waals surface area contributed by atoms with Gasteiger partial charge in [0.05, 0.1) is 6.10 Å². The van der Waals surface area contributed by atoms with Gasteiger partial charge in [0.25, 0.3) is 0 Å². The van der Waals surface area contributed by atoms with E-state index in [1.807, 2.05) is 31.2 Å². The third kappa shape index (κ3) is 2.99. The van der Waals surface area contributed by atoms with Crippen LogP contribution in [0.3, 0.4) is 0 Å². The van der Waals surface area contributed by atoms with Crippen molar-refractivity contribution >= 4 is 26.7 Å². The molecule has 0 bridgehead atoms. The largest absolute Gasteiger partial charge is 0.388 e. The van der Waals surface area contributed by atoms with Gasteiger partial charge in [0, 0.05) is 22.8 Å². The minimum absolute atomic E-state index is 0.0286. The second kappa shape index (κ2) is 5.96. The summed E-state index contributed by atoms with van der Waals surface area (Å²) >= 11 is 3.48. The summed E-state index contributed by atoms with van der Waals surface area (Å²) in [5.74, 6) is 0.0286. The van der Waals surface area contributed by atoms with E-state index in [4.69, 9.17) is 0 Å². The third-order valence-electron chi connectivity index (χ3n) is 3.87. The van der Waals surface area contributed by atoms with Crippen molar-refractivity contribution in [2.24, 2.45) is 0 Å². The molecular weight excluding hydrogens is 326 g/mol. The molecular formula is C18H16BrNO. The van der Waals surface area contributed by atoms with Crippen LogP contribution in [0, 0.1) is 0 Å². The van der Waals surface area contributed by atoms with E-state index in [0.29, 0.717) is 0 Å². The van der Waals surface area contributed by atoms with Crippen LogP contribution in [0.2, 0.25) is 0 Å². The van der Waals surface area contributed by atoms with Crippen LogP contribution in [-0.4, -0.2) is 10.1 Å². The van der Waals surface area contributed by atoms with Gasteiger partial charge in [-0.3, -0.25) is 4.98 Å². The lowest BCUT2D eigenvalue weighted by Crippen LogP contribution is -2.07. The van der Waals surface area contributed by atoms with E-state index in [9.17, 15) is 5.11 Å². The SMILES string of the molecule is CC(c1ccncc1)C(O)c1ccc2cc(Br)ccc2c1. The van der Waals surface area contributed by atoms with Gasteiger partial charge in [0.2, 0.25) is 0 Å². The summed E-state index contributed by atoms with van der Waals surface area (Å²) in [5.41, 5.74) is 2.03. The number of aliphatic hydroxyl groups is 1. The zero-order valence-corrected chi connectivity index (χ0v) is 13.3. The van der Waals surface area contributed by atoms with Gasteiger partial charge in [-0.15, -0.1) is 0 Å². The minimum atomic E-state index is -0.527. The normalized spacial score (nSPS) is 14.0. The van der Waals surface area contributed by atoms with E-state index in [0.717, 1.165) is 26.4 Å². The molecule has 2 unspecified atom stereocenters. The summed E-state index contributed by atoms with van der Waals surface area (Å²) in [6.45, 7) is 2.03. The molecule has 0 radical (unpaired) electrons. The van der Waals surface area contributed by atoms with Crippen molar-refractivity contribution in [2.45, 2.75) is 18.9 Å². The summed E-state index contributed by atoms with van der Waals surface area (Å²) in [7, 11) is 0. The first-order valence-electron chi connectivity index (χ1n) is 6.92. The van der Waals surface area contributed by atoms with E-state index in [1.54, 1.807) is 12.4 Å². The maximum atomic E-state index is 10.6. The maximum Gasteiger partial charge on any atom is 0.0856 e. The van der Waals surface area contributed by atoms with E-state index in [2.05, 4.69) is 45.2 Å². The molecule has 3 heteroatoms. The Morgan fingerprint density at radius 3 is 2.33 bits per heavy atom. The van der Waals surface area contributed by atoms with Gasteiger partial charge in [0.1, 0.15) is 0 Å². The molecule has 0 amide bonds. The summed E-state index contributed by atoms with van der Waals surface area (Å²) < 4.78 is 1.06. The molecule has 0 aliphatic carbocycles. The Bertz CT molecular complexity index is 758. The predicted molar refractivity (Wildman–Crippen MR) is 89.3 cm³/mol. The molecule has 0 fully saturated rings. The zero-order valence-electron chi connectivity index (χ0n) is 11.7. The lowest BCUT2D eigenvalue weighted by molar-refractivity contribution is 0.152. The number of halogens is 1. The number of aliphatic hydroxyl groups excluding tert-OH is 1. The van der Waals surface area contributed by atoms with Gasteiger partial charge in [-0.1, -0.05) is 41.1 Å². The van der Waals surface area contributed by atoms with Crippen molar-refractivity contribution in [3.05, 3.63) is 76.5 Å². The second-order valence-corrected chi connectivity index (χ2v) is 6.18. The monoisotopic (exact) mass is 341 g/mol. The summed E-state index contributed by atoms with van der Waals surface area (Å²) in [6, 6.07) is 16.2. The molecule has 0 aliphatic heterocycles. The molecule has 0 saturated carbocycles. The quantitative estimate of drug-likeness (QED) is 0.739. The first kappa shape index (κ1) is 14.2. The molecule has 0 saturated heterocycles. The molecule has 1 heterocycles. The third-order valence-corrected chi connectivity index (χ3v) is 4.37. The molecule has 1 N–H and O–H groups in total. The van der Waals surface area contributed by atoms with Crippen molar-refractivity contribution in [1.82, 2.24) is 4.98 Å². The van der Waals surface area contributed by atoms with E-state index in [1.165, 1.54) is 0 Å². The molecule has 0 spiro atoms.